The first-order valence-electron chi connectivity index (χ1n) is 3.84. The monoisotopic (exact) mass is 307 g/mol. The lowest BCUT2D eigenvalue weighted by Crippen LogP contribution is -2.39. The van der Waals surface area contributed by atoms with Gasteiger partial charge in [-0.25, -0.2) is 0 Å². The Labute approximate surface area is 105 Å². The number of anilines is 1. The Hall–Kier alpha value is -0.850. The number of halogens is 2. The van der Waals surface area contributed by atoms with Gasteiger partial charge in [-0.05, 0) is 30.4 Å². The average molecular weight is 309 g/mol. The van der Waals surface area contributed by atoms with Crippen molar-refractivity contribution in [2.45, 2.75) is 0 Å². The van der Waals surface area contributed by atoms with Crippen LogP contribution in [-0.2, 0) is 4.79 Å². The summed E-state index contributed by atoms with van der Waals surface area (Å²) in [5, 5.41) is 3.60. The van der Waals surface area contributed by atoms with Crippen LogP contribution in [0.25, 0.3) is 0 Å². The molecular weight excluding hydrogens is 302 g/mol. The smallest absolute Gasteiger partial charge is 0.225 e. The highest BCUT2D eigenvalue weighted by Gasteiger charge is 2.02. The Balaban J connectivity index is 2.64. The van der Waals surface area contributed by atoms with E-state index in [1.807, 2.05) is 6.07 Å². The largest absolute Gasteiger partial charge is 0.330 e. The lowest BCUT2D eigenvalue weighted by Gasteiger charge is -2.10. The van der Waals surface area contributed by atoms with E-state index in [-0.39, 0.29) is 5.11 Å². The Kier molecular flexibility index (Phi) is 4.80. The summed E-state index contributed by atoms with van der Waals surface area (Å²) in [6, 6.07) is 5.32. The molecule has 4 nitrogen and oxygen atoms in total. The van der Waals surface area contributed by atoms with Gasteiger partial charge in [-0.15, -0.1) is 0 Å². The van der Waals surface area contributed by atoms with Crippen molar-refractivity contribution in [2.24, 2.45) is 0 Å². The molecule has 0 saturated carbocycles. The molecule has 0 radical (unpaired) electrons. The van der Waals surface area contributed by atoms with E-state index < -0.39 is 0 Å². The number of hydrogen-bond donors (Lipinski definition) is 3. The molecule has 0 atom stereocenters. The van der Waals surface area contributed by atoms with Gasteiger partial charge in [0.15, 0.2) is 5.11 Å². The molecule has 0 spiro atoms. The van der Waals surface area contributed by atoms with Crippen LogP contribution < -0.4 is 16.2 Å². The minimum Gasteiger partial charge on any atom is -0.330 e. The zero-order valence-corrected chi connectivity index (χ0v) is 10.5. The van der Waals surface area contributed by atoms with Gasteiger partial charge in [-0.3, -0.25) is 15.6 Å². The van der Waals surface area contributed by atoms with Crippen molar-refractivity contribution >= 4 is 57.0 Å². The molecule has 3 N–H and O–H groups in total. The van der Waals surface area contributed by atoms with E-state index in [0.29, 0.717) is 17.1 Å². The molecule has 0 fully saturated rings. The van der Waals surface area contributed by atoms with Gasteiger partial charge in [0.1, 0.15) is 0 Å². The predicted molar refractivity (Wildman–Crippen MR) is 67.7 cm³/mol. The first-order chi connectivity index (χ1) is 7.13. The summed E-state index contributed by atoms with van der Waals surface area (Å²) in [7, 11) is 0. The molecule has 1 rings (SSSR count). The summed E-state index contributed by atoms with van der Waals surface area (Å²) in [6.07, 6.45) is 0.483. The van der Waals surface area contributed by atoms with Crippen molar-refractivity contribution in [1.29, 1.82) is 0 Å². The van der Waals surface area contributed by atoms with E-state index in [4.69, 9.17) is 23.8 Å². The third-order valence-corrected chi connectivity index (χ3v) is 2.43. The van der Waals surface area contributed by atoms with Gasteiger partial charge in [-0.2, -0.15) is 0 Å². The molecule has 0 aliphatic heterocycles. The van der Waals surface area contributed by atoms with Crippen LogP contribution in [0.1, 0.15) is 0 Å². The fraction of sp³-hybridized carbons (Fsp3) is 0. The number of amides is 1. The molecule has 0 aromatic heterocycles. The second kappa shape index (κ2) is 5.89. The fourth-order valence-corrected chi connectivity index (χ4v) is 1.73. The van der Waals surface area contributed by atoms with Crippen LogP contribution in [0.3, 0.4) is 0 Å². The molecule has 0 unspecified atom stereocenters. The van der Waals surface area contributed by atoms with Crippen LogP contribution in [0.5, 0.6) is 0 Å². The van der Waals surface area contributed by atoms with Crippen molar-refractivity contribution in [3.8, 4) is 0 Å². The van der Waals surface area contributed by atoms with Crippen molar-refractivity contribution < 1.29 is 4.79 Å². The summed E-state index contributed by atoms with van der Waals surface area (Å²) in [6.45, 7) is 0. The lowest BCUT2D eigenvalue weighted by atomic mass is 10.3. The molecule has 15 heavy (non-hydrogen) atoms. The highest BCUT2D eigenvalue weighted by molar-refractivity contribution is 9.10. The summed E-state index contributed by atoms with van der Waals surface area (Å²) in [5.41, 5.74) is 5.32. The quantitative estimate of drug-likeness (QED) is 0.454. The molecule has 0 saturated heterocycles. The Morgan fingerprint density at radius 2 is 2.27 bits per heavy atom. The standard InChI is InChI=1S/C8H7BrClN3OS/c9-5-1-2-7(6(10)3-5)12-8(15)13-11-4-14/h1-4H,(H,11,14)(H2,12,13,15). The van der Waals surface area contributed by atoms with Gasteiger partial charge in [0.25, 0.3) is 0 Å². The van der Waals surface area contributed by atoms with E-state index in [9.17, 15) is 4.79 Å². The number of rotatable bonds is 3. The number of carbonyl (C=O) groups is 1. The van der Waals surface area contributed by atoms with Crippen molar-refractivity contribution in [3.63, 3.8) is 0 Å². The van der Waals surface area contributed by atoms with E-state index in [2.05, 4.69) is 32.1 Å². The highest BCUT2D eigenvalue weighted by Crippen LogP contribution is 2.25. The second-order valence-corrected chi connectivity index (χ2v) is 4.20. The van der Waals surface area contributed by atoms with E-state index in [1.165, 1.54) is 0 Å². The van der Waals surface area contributed by atoms with E-state index in [0.717, 1.165) is 4.47 Å². The summed E-state index contributed by atoms with van der Waals surface area (Å²) in [5.74, 6) is 0. The van der Waals surface area contributed by atoms with Gasteiger partial charge in [0.2, 0.25) is 6.41 Å². The van der Waals surface area contributed by atoms with Gasteiger partial charge < -0.3 is 5.32 Å². The number of hydrazine groups is 1. The zero-order valence-electron chi connectivity index (χ0n) is 7.38. The highest BCUT2D eigenvalue weighted by atomic mass is 79.9. The van der Waals surface area contributed by atoms with Crippen LogP contribution in [0.15, 0.2) is 22.7 Å². The van der Waals surface area contributed by atoms with Crippen LogP contribution in [0.2, 0.25) is 5.02 Å². The first-order valence-corrected chi connectivity index (χ1v) is 5.42. The zero-order chi connectivity index (χ0) is 11.3. The number of nitrogens with one attached hydrogen (secondary N) is 3. The van der Waals surface area contributed by atoms with Crippen molar-refractivity contribution in [2.75, 3.05) is 5.32 Å². The molecular formula is C8H7BrClN3OS. The van der Waals surface area contributed by atoms with Crippen LogP contribution in [-0.4, -0.2) is 11.5 Å². The Bertz CT molecular complexity index is 388. The van der Waals surface area contributed by atoms with Gasteiger partial charge in [0.05, 0.1) is 10.7 Å². The maximum Gasteiger partial charge on any atom is 0.225 e. The second-order valence-electron chi connectivity index (χ2n) is 2.47. The summed E-state index contributed by atoms with van der Waals surface area (Å²) in [4.78, 5) is 9.98. The molecule has 0 heterocycles. The minimum atomic E-state index is 0.256. The number of thiocarbonyl (C=S) groups is 1. The van der Waals surface area contributed by atoms with Gasteiger partial charge in [0, 0.05) is 4.47 Å². The van der Waals surface area contributed by atoms with E-state index in [1.54, 1.807) is 12.1 Å². The normalized spacial score (nSPS) is 9.20. The van der Waals surface area contributed by atoms with E-state index >= 15 is 0 Å². The van der Waals surface area contributed by atoms with Crippen LogP contribution in [0.4, 0.5) is 5.69 Å². The molecule has 1 aromatic carbocycles. The maximum atomic E-state index is 9.98. The number of benzene rings is 1. The van der Waals surface area contributed by atoms with Crippen molar-refractivity contribution in [1.82, 2.24) is 10.9 Å². The van der Waals surface area contributed by atoms with Gasteiger partial charge >= 0.3 is 0 Å². The minimum absolute atomic E-state index is 0.256. The predicted octanol–water partition coefficient (Wildman–Crippen LogP) is 2.05. The summed E-state index contributed by atoms with van der Waals surface area (Å²) >= 11 is 14.1. The third kappa shape index (κ3) is 4.03. The third-order valence-electron chi connectivity index (χ3n) is 1.42. The number of hydrogen-bond acceptors (Lipinski definition) is 2. The molecule has 7 heteroatoms. The topological polar surface area (TPSA) is 53.2 Å². The first kappa shape index (κ1) is 12.2. The average Bonchev–Trinajstić information content (AvgIpc) is 2.19. The molecule has 0 aliphatic carbocycles. The van der Waals surface area contributed by atoms with Crippen molar-refractivity contribution in [3.05, 3.63) is 27.7 Å². The molecule has 0 bridgehead atoms. The SMILES string of the molecule is O=CNNC(=S)Nc1ccc(Br)cc1Cl. The lowest BCUT2D eigenvalue weighted by molar-refractivity contribution is -0.110. The Morgan fingerprint density at radius 1 is 1.53 bits per heavy atom. The molecule has 0 aliphatic rings. The van der Waals surface area contributed by atoms with Gasteiger partial charge in [-0.1, -0.05) is 27.5 Å². The maximum absolute atomic E-state index is 9.98. The van der Waals surface area contributed by atoms with Crippen LogP contribution in [0, 0.1) is 0 Å². The number of carbonyl (C=O) groups excluding carboxylic acids is 1. The molecule has 1 aromatic rings. The molecule has 80 valence electrons. The fourth-order valence-electron chi connectivity index (χ4n) is 0.839. The summed E-state index contributed by atoms with van der Waals surface area (Å²) < 4.78 is 0.878. The molecule has 1 amide bonds. The Morgan fingerprint density at radius 3 is 2.87 bits per heavy atom. The van der Waals surface area contributed by atoms with Crippen LogP contribution >= 0.6 is 39.7 Å².